The van der Waals surface area contributed by atoms with Crippen molar-refractivity contribution in [3.8, 4) is 0 Å². The maximum atomic E-state index is 7.97. The summed E-state index contributed by atoms with van der Waals surface area (Å²) >= 11 is 0. The molecule has 0 saturated heterocycles. The van der Waals surface area contributed by atoms with Crippen molar-refractivity contribution in [3.63, 3.8) is 0 Å². The van der Waals surface area contributed by atoms with E-state index in [1.807, 2.05) is 37.2 Å². The number of hydrogen-bond donors (Lipinski definition) is 0. The number of nitrogens with zero attached hydrogens (tertiary/aromatic N) is 1. The largest absolute Gasteiger partial charge is 0.305 e. The van der Waals surface area contributed by atoms with Crippen LogP contribution in [0.15, 0.2) is 42.5 Å². The molecule has 1 atom stereocenters. The van der Waals surface area contributed by atoms with E-state index in [1.54, 1.807) is 0 Å². The van der Waals surface area contributed by atoms with Gasteiger partial charge in [-0.05, 0) is 36.5 Å². The van der Waals surface area contributed by atoms with Crippen LogP contribution in [0, 0.1) is 0 Å². The van der Waals surface area contributed by atoms with Crippen molar-refractivity contribution in [1.29, 1.82) is 0 Å². The van der Waals surface area contributed by atoms with Crippen molar-refractivity contribution in [3.05, 3.63) is 48.0 Å². The van der Waals surface area contributed by atoms with Gasteiger partial charge in [0.1, 0.15) is 0 Å². The zero-order chi connectivity index (χ0) is 10.8. The van der Waals surface area contributed by atoms with E-state index in [1.165, 1.54) is 10.8 Å². The Morgan fingerprint density at radius 3 is 2.50 bits per heavy atom. The third kappa shape index (κ3) is 1.94. The highest BCUT2D eigenvalue weighted by Crippen LogP contribution is 2.16. The molecule has 0 fully saturated rings. The van der Waals surface area contributed by atoms with E-state index in [-0.39, 0.29) is 6.52 Å². The summed E-state index contributed by atoms with van der Waals surface area (Å²) in [6.45, 7) is -0.283. The molecule has 0 bridgehead atoms. The number of hydrogen-bond acceptors (Lipinski definition) is 1. The Morgan fingerprint density at radius 1 is 1.07 bits per heavy atom. The minimum Gasteiger partial charge on any atom is -0.305 e. The van der Waals surface area contributed by atoms with Crippen molar-refractivity contribution < 1.29 is 1.37 Å². The van der Waals surface area contributed by atoms with Gasteiger partial charge in [0.2, 0.25) is 0 Å². The maximum absolute atomic E-state index is 7.97. The minimum absolute atomic E-state index is 0.283. The van der Waals surface area contributed by atoms with Gasteiger partial charge in [-0.1, -0.05) is 36.4 Å². The van der Waals surface area contributed by atoms with E-state index < -0.39 is 0 Å². The SMILES string of the molecule is [2H]C(c1ccc2ccccc2c1)N(C)C. The lowest BCUT2D eigenvalue weighted by Crippen LogP contribution is -2.10. The normalized spacial score (nSPS) is 14.4. The van der Waals surface area contributed by atoms with E-state index in [2.05, 4.69) is 24.3 Å². The summed E-state index contributed by atoms with van der Waals surface area (Å²) in [5.41, 5.74) is 1.04. The number of benzene rings is 2. The molecule has 1 unspecified atom stereocenters. The molecule has 0 spiro atoms. The summed E-state index contributed by atoms with van der Waals surface area (Å²) in [7, 11) is 3.85. The second-order valence-electron chi connectivity index (χ2n) is 3.70. The molecular formula is C13H15N. The van der Waals surface area contributed by atoms with Crippen LogP contribution in [-0.4, -0.2) is 19.0 Å². The first-order valence-corrected chi connectivity index (χ1v) is 4.76. The fourth-order valence-corrected chi connectivity index (χ4v) is 1.59. The average molecular weight is 186 g/mol. The van der Waals surface area contributed by atoms with Gasteiger partial charge in [-0.15, -0.1) is 0 Å². The van der Waals surface area contributed by atoms with Crippen molar-refractivity contribution in [2.24, 2.45) is 0 Å². The van der Waals surface area contributed by atoms with Crippen LogP contribution in [-0.2, 0) is 6.52 Å². The second-order valence-corrected chi connectivity index (χ2v) is 3.70. The van der Waals surface area contributed by atoms with Gasteiger partial charge in [0.05, 0.1) is 0 Å². The summed E-state index contributed by atoms with van der Waals surface area (Å²) in [6.07, 6.45) is 0. The van der Waals surface area contributed by atoms with Gasteiger partial charge >= 0.3 is 0 Å². The van der Waals surface area contributed by atoms with Crippen molar-refractivity contribution in [2.45, 2.75) is 6.52 Å². The summed E-state index contributed by atoms with van der Waals surface area (Å²) in [5.74, 6) is 0. The smallest absolute Gasteiger partial charge is 0.0481 e. The standard InChI is InChI=1S/C13H15N/c1-14(2)10-11-7-8-12-5-3-4-6-13(12)9-11/h3-9H,10H2,1-2H3/i10D. The Kier molecular flexibility index (Phi) is 2.18. The van der Waals surface area contributed by atoms with Crippen molar-refractivity contribution in [1.82, 2.24) is 4.90 Å². The third-order valence-corrected chi connectivity index (χ3v) is 2.18. The van der Waals surface area contributed by atoms with Crippen LogP contribution in [0.2, 0.25) is 0 Å². The van der Waals surface area contributed by atoms with Crippen LogP contribution in [0.4, 0.5) is 0 Å². The van der Waals surface area contributed by atoms with Crippen LogP contribution in [0.5, 0.6) is 0 Å². The van der Waals surface area contributed by atoms with E-state index in [0.29, 0.717) is 0 Å². The van der Waals surface area contributed by atoms with E-state index in [4.69, 9.17) is 1.37 Å². The lowest BCUT2D eigenvalue weighted by Gasteiger charge is -2.10. The molecule has 0 N–H and O–H groups in total. The zero-order valence-corrected chi connectivity index (χ0v) is 8.57. The highest BCUT2D eigenvalue weighted by molar-refractivity contribution is 5.82. The Hall–Kier alpha value is -1.34. The number of rotatable bonds is 2. The van der Waals surface area contributed by atoms with Gasteiger partial charge in [-0.2, -0.15) is 0 Å². The molecule has 0 aliphatic rings. The molecule has 2 rings (SSSR count). The molecule has 0 radical (unpaired) electrons. The first-order valence-electron chi connectivity index (χ1n) is 5.33. The predicted octanol–water partition coefficient (Wildman–Crippen LogP) is 2.90. The van der Waals surface area contributed by atoms with E-state index in [9.17, 15) is 0 Å². The Balaban J connectivity index is 2.47. The molecule has 0 amide bonds. The van der Waals surface area contributed by atoms with Gasteiger partial charge in [-0.25, -0.2) is 0 Å². The minimum atomic E-state index is -0.283. The van der Waals surface area contributed by atoms with Gasteiger partial charge in [-0.3, -0.25) is 0 Å². The molecule has 0 aromatic heterocycles. The molecule has 72 valence electrons. The number of fused-ring (bicyclic) bond motifs is 1. The Bertz CT molecular complexity index is 465. The predicted molar refractivity (Wildman–Crippen MR) is 61.3 cm³/mol. The summed E-state index contributed by atoms with van der Waals surface area (Å²) in [5, 5.41) is 2.43. The van der Waals surface area contributed by atoms with Crippen LogP contribution in [0.1, 0.15) is 6.93 Å². The Labute approximate surface area is 86.4 Å². The van der Waals surface area contributed by atoms with Gasteiger partial charge in [0, 0.05) is 7.89 Å². The lowest BCUT2D eigenvalue weighted by molar-refractivity contribution is 0.403. The molecule has 0 heterocycles. The van der Waals surface area contributed by atoms with Gasteiger partial charge in [0.25, 0.3) is 0 Å². The highest BCUT2D eigenvalue weighted by atomic mass is 15.0. The molecular weight excluding hydrogens is 170 g/mol. The first kappa shape index (κ1) is 8.01. The van der Waals surface area contributed by atoms with Crippen LogP contribution in [0.25, 0.3) is 10.8 Å². The molecule has 0 aliphatic heterocycles. The lowest BCUT2D eigenvalue weighted by atomic mass is 10.1. The maximum Gasteiger partial charge on any atom is 0.0481 e. The van der Waals surface area contributed by atoms with Crippen molar-refractivity contribution in [2.75, 3.05) is 14.1 Å². The molecule has 0 aliphatic carbocycles. The van der Waals surface area contributed by atoms with E-state index >= 15 is 0 Å². The van der Waals surface area contributed by atoms with Crippen LogP contribution >= 0.6 is 0 Å². The molecule has 14 heavy (non-hydrogen) atoms. The molecule has 2 aromatic carbocycles. The van der Waals surface area contributed by atoms with Gasteiger partial charge in [0.15, 0.2) is 0 Å². The molecule has 1 heteroatoms. The van der Waals surface area contributed by atoms with Crippen LogP contribution < -0.4 is 0 Å². The highest BCUT2D eigenvalue weighted by Gasteiger charge is 1.96. The fraction of sp³-hybridized carbons (Fsp3) is 0.231. The van der Waals surface area contributed by atoms with Gasteiger partial charge < -0.3 is 4.90 Å². The van der Waals surface area contributed by atoms with Crippen LogP contribution in [0.3, 0.4) is 0 Å². The summed E-state index contributed by atoms with van der Waals surface area (Å²) < 4.78 is 7.97. The Morgan fingerprint density at radius 2 is 1.79 bits per heavy atom. The summed E-state index contributed by atoms with van der Waals surface area (Å²) in [6, 6.07) is 14.4. The monoisotopic (exact) mass is 186 g/mol. The summed E-state index contributed by atoms with van der Waals surface area (Å²) in [4.78, 5) is 1.89. The zero-order valence-electron chi connectivity index (χ0n) is 9.57. The molecule has 2 aromatic rings. The van der Waals surface area contributed by atoms with E-state index in [0.717, 1.165) is 5.56 Å². The molecule has 1 nitrogen and oxygen atoms in total. The van der Waals surface area contributed by atoms with Crippen molar-refractivity contribution >= 4 is 10.8 Å². The quantitative estimate of drug-likeness (QED) is 0.697. The third-order valence-electron chi connectivity index (χ3n) is 2.18. The fourth-order valence-electron chi connectivity index (χ4n) is 1.59. The molecule has 0 saturated carbocycles. The average Bonchev–Trinajstić information content (AvgIpc) is 2.27. The topological polar surface area (TPSA) is 3.24 Å². The second kappa shape index (κ2) is 3.81. The first-order chi connectivity index (χ1) is 7.18.